The quantitative estimate of drug-likeness (QED) is 0.689. The van der Waals surface area contributed by atoms with E-state index in [-0.39, 0.29) is 17.5 Å². The molecule has 0 aliphatic rings. The molecule has 0 fully saturated rings. The largest absolute Gasteiger partial charge is 0.325 e. The van der Waals surface area contributed by atoms with Gasteiger partial charge in [0.2, 0.25) is 11.1 Å². The van der Waals surface area contributed by atoms with Crippen LogP contribution in [0.15, 0.2) is 47.6 Å². The fourth-order valence-corrected chi connectivity index (χ4v) is 2.91. The van der Waals surface area contributed by atoms with Crippen molar-refractivity contribution in [3.8, 4) is 5.69 Å². The van der Waals surface area contributed by atoms with Gasteiger partial charge < -0.3 is 5.32 Å². The normalized spacial score (nSPS) is 10.7. The van der Waals surface area contributed by atoms with E-state index in [0.717, 1.165) is 0 Å². The summed E-state index contributed by atoms with van der Waals surface area (Å²) in [5, 5.41) is 15.1. The van der Waals surface area contributed by atoms with Crippen molar-refractivity contribution in [3.05, 3.63) is 58.9 Å². The number of aromatic nitrogens is 4. The van der Waals surface area contributed by atoms with Gasteiger partial charge in [0, 0.05) is 10.7 Å². The Labute approximate surface area is 152 Å². The molecule has 3 rings (SSSR count). The molecule has 0 bridgehead atoms. The van der Waals surface area contributed by atoms with E-state index < -0.39 is 0 Å². The number of hydrogen-bond donors (Lipinski definition) is 1. The standard InChI is InChI=1S/C16H13ClFN5OS/c1-10-5-6-12(8-14(10)18)19-15(24)9-25-16-20-21-22-23(16)13-4-2-3-11(17)7-13/h2-8H,9H2,1H3,(H,19,24). The summed E-state index contributed by atoms with van der Waals surface area (Å²) in [7, 11) is 0. The van der Waals surface area contributed by atoms with Gasteiger partial charge in [0.1, 0.15) is 5.82 Å². The van der Waals surface area contributed by atoms with Crippen LogP contribution in [0, 0.1) is 12.7 Å². The van der Waals surface area contributed by atoms with Crippen molar-refractivity contribution in [2.75, 3.05) is 11.1 Å². The maximum Gasteiger partial charge on any atom is 0.234 e. The molecule has 1 aromatic heterocycles. The Morgan fingerprint density at radius 1 is 1.32 bits per heavy atom. The highest BCUT2D eigenvalue weighted by molar-refractivity contribution is 7.99. The molecular weight excluding hydrogens is 365 g/mol. The molecule has 1 heterocycles. The monoisotopic (exact) mass is 377 g/mol. The third kappa shape index (κ3) is 4.34. The number of benzene rings is 2. The minimum atomic E-state index is -0.365. The Bertz CT molecular complexity index is 917. The SMILES string of the molecule is Cc1ccc(NC(=O)CSc2nnnn2-c2cccc(Cl)c2)cc1F. The average Bonchev–Trinajstić information content (AvgIpc) is 3.05. The minimum absolute atomic E-state index is 0.0798. The molecular formula is C16H13ClFN5OS. The zero-order valence-corrected chi connectivity index (χ0v) is 14.7. The molecule has 0 spiro atoms. The van der Waals surface area contributed by atoms with Crippen LogP contribution in [0.4, 0.5) is 10.1 Å². The number of carbonyl (C=O) groups excluding carboxylic acids is 1. The fraction of sp³-hybridized carbons (Fsp3) is 0.125. The molecule has 128 valence electrons. The molecule has 0 aliphatic carbocycles. The smallest absolute Gasteiger partial charge is 0.234 e. The predicted molar refractivity (Wildman–Crippen MR) is 94.7 cm³/mol. The summed E-state index contributed by atoms with van der Waals surface area (Å²) in [4.78, 5) is 12.1. The summed E-state index contributed by atoms with van der Waals surface area (Å²) in [5.74, 6) is -0.569. The molecule has 0 radical (unpaired) electrons. The minimum Gasteiger partial charge on any atom is -0.325 e. The number of amides is 1. The molecule has 9 heteroatoms. The van der Waals surface area contributed by atoms with Gasteiger partial charge in [0.15, 0.2) is 0 Å². The first-order valence-electron chi connectivity index (χ1n) is 7.26. The molecule has 1 N–H and O–H groups in total. The van der Waals surface area contributed by atoms with Gasteiger partial charge in [0.25, 0.3) is 0 Å². The second kappa shape index (κ2) is 7.62. The number of halogens is 2. The summed E-state index contributed by atoms with van der Waals surface area (Å²) in [6.07, 6.45) is 0. The van der Waals surface area contributed by atoms with Crippen LogP contribution in [0.1, 0.15) is 5.56 Å². The van der Waals surface area contributed by atoms with Gasteiger partial charge in [-0.3, -0.25) is 4.79 Å². The Kier molecular flexibility index (Phi) is 5.30. The number of thioether (sulfide) groups is 1. The summed E-state index contributed by atoms with van der Waals surface area (Å²) in [6, 6.07) is 11.6. The third-order valence-corrected chi connectivity index (χ3v) is 4.44. The number of aryl methyl sites for hydroxylation is 1. The summed E-state index contributed by atoms with van der Waals surface area (Å²) >= 11 is 7.14. The maximum absolute atomic E-state index is 13.5. The van der Waals surface area contributed by atoms with Gasteiger partial charge in [-0.25, -0.2) is 4.39 Å². The highest BCUT2D eigenvalue weighted by Crippen LogP contribution is 2.21. The number of hydrogen-bond acceptors (Lipinski definition) is 5. The van der Waals surface area contributed by atoms with E-state index >= 15 is 0 Å². The van der Waals surface area contributed by atoms with Gasteiger partial charge in [0.05, 0.1) is 11.4 Å². The first kappa shape index (κ1) is 17.4. The fourth-order valence-electron chi connectivity index (χ4n) is 2.04. The Hall–Kier alpha value is -2.45. The summed E-state index contributed by atoms with van der Waals surface area (Å²) in [6.45, 7) is 1.66. The summed E-state index contributed by atoms with van der Waals surface area (Å²) < 4.78 is 15.0. The van der Waals surface area contributed by atoms with Crippen molar-refractivity contribution >= 4 is 35.0 Å². The Balaban J connectivity index is 1.65. The number of tetrazole rings is 1. The van der Waals surface area contributed by atoms with Gasteiger partial charge in [-0.05, 0) is 53.2 Å². The summed E-state index contributed by atoms with van der Waals surface area (Å²) in [5.41, 5.74) is 1.62. The number of nitrogens with zero attached hydrogens (tertiary/aromatic N) is 4. The number of anilines is 1. The van der Waals surface area contributed by atoms with Crippen LogP contribution in [0.2, 0.25) is 5.02 Å². The van der Waals surface area contributed by atoms with Crippen molar-refractivity contribution in [1.82, 2.24) is 20.2 Å². The van der Waals surface area contributed by atoms with Crippen molar-refractivity contribution < 1.29 is 9.18 Å². The molecule has 0 saturated heterocycles. The van der Waals surface area contributed by atoms with E-state index in [4.69, 9.17) is 11.6 Å². The molecule has 25 heavy (non-hydrogen) atoms. The molecule has 2 aromatic carbocycles. The van der Waals surface area contributed by atoms with E-state index in [1.807, 2.05) is 0 Å². The number of carbonyl (C=O) groups is 1. The molecule has 0 atom stereocenters. The van der Waals surface area contributed by atoms with Crippen molar-refractivity contribution in [2.45, 2.75) is 12.1 Å². The van der Waals surface area contributed by atoms with Crippen molar-refractivity contribution in [1.29, 1.82) is 0 Å². The maximum atomic E-state index is 13.5. The lowest BCUT2D eigenvalue weighted by molar-refractivity contribution is -0.113. The van der Waals surface area contributed by atoms with Gasteiger partial charge in [-0.2, -0.15) is 4.68 Å². The van der Waals surface area contributed by atoms with Crippen LogP contribution >= 0.6 is 23.4 Å². The lowest BCUT2D eigenvalue weighted by Gasteiger charge is -2.07. The zero-order valence-electron chi connectivity index (χ0n) is 13.1. The van der Waals surface area contributed by atoms with Gasteiger partial charge in [-0.15, -0.1) is 5.10 Å². The molecule has 0 aliphatic heterocycles. The molecule has 1 amide bonds. The third-order valence-electron chi connectivity index (χ3n) is 3.28. The second-order valence-corrected chi connectivity index (χ2v) is 6.53. The molecule has 3 aromatic rings. The van der Waals surface area contributed by atoms with Gasteiger partial charge >= 0.3 is 0 Å². The van der Waals surface area contributed by atoms with Crippen LogP contribution in [0.25, 0.3) is 5.69 Å². The predicted octanol–water partition coefficient (Wildman–Crippen LogP) is 3.49. The molecule has 0 unspecified atom stereocenters. The van der Waals surface area contributed by atoms with Crippen LogP contribution in [-0.4, -0.2) is 31.9 Å². The number of rotatable bonds is 5. The Morgan fingerprint density at radius 2 is 2.16 bits per heavy atom. The van der Waals surface area contributed by atoms with E-state index in [1.54, 1.807) is 43.3 Å². The van der Waals surface area contributed by atoms with Crippen LogP contribution in [0.3, 0.4) is 0 Å². The van der Waals surface area contributed by atoms with Crippen LogP contribution < -0.4 is 5.32 Å². The lowest BCUT2D eigenvalue weighted by atomic mass is 10.2. The van der Waals surface area contributed by atoms with E-state index in [0.29, 0.717) is 27.1 Å². The van der Waals surface area contributed by atoms with Gasteiger partial charge in [-0.1, -0.05) is 35.5 Å². The van der Waals surface area contributed by atoms with Crippen LogP contribution in [0.5, 0.6) is 0 Å². The zero-order chi connectivity index (χ0) is 17.8. The second-order valence-electron chi connectivity index (χ2n) is 5.15. The first-order chi connectivity index (χ1) is 12.0. The highest BCUT2D eigenvalue weighted by Gasteiger charge is 2.12. The molecule has 0 saturated carbocycles. The van der Waals surface area contributed by atoms with Crippen molar-refractivity contribution in [2.24, 2.45) is 0 Å². The lowest BCUT2D eigenvalue weighted by Crippen LogP contribution is -2.14. The highest BCUT2D eigenvalue weighted by atomic mass is 35.5. The topological polar surface area (TPSA) is 72.7 Å². The molecule has 6 nitrogen and oxygen atoms in total. The Morgan fingerprint density at radius 3 is 2.92 bits per heavy atom. The van der Waals surface area contributed by atoms with E-state index in [2.05, 4.69) is 20.8 Å². The number of nitrogens with one attached hydrogen (secondary N) is 1. The van der Waals surface area contributed by atoms with Crippen molar-refractivity contribution in [3.63, 3.8) is 0 Å². The first-order valence-corrected chi connectivity index (χ1v) is 8.62. The van der Waals surface area contributed by atoms with E-state index in [1.165, 1.54) is 22.5 Å². The van der Waals surface area contributed by atoms with Crippen LogP contribution in [-0.2, 0) is 4.79 Å². The van der Waals surface area contributed by atoms with E-state index in [9.17, 15) is 9.18 Å². The average molecular weight is 378 g/mol.